The van der Waals surface area contributed by atoms with Crippen LogP contribution in [0.4, 0.5) is 17.1 Å². The molecule has 22 nitrogen and oxygen atoms in total. The van der Waals surface area contributed by atoms with Crippen LogP contribution >= 0.6 is 39.9 Å². The number of nitrogens with two attached hydrogens (primary N) is 2. The Balaban J connectivity index is 0.000000189. The van der Waals surface area contributed by atoms with Gasteiger partial charge in [0.1, 0.15) is 34.7 Å². The minimum absolute atomic E-state index is 0. The van der Waals surface area contributed by atoms with Gasteiger partial charge in [0.25, 0.3) is 11.8 Å². The van der Waals surface area contributed by atoms with Crippen LogP contribution in [0.5, 0.6) is 17.2 Å². The number of benzene rings is 6. The van der Waals surface area contributed by atoms with E-state index in [-0.39, 0.29) is 35.7 Å². The number of nitrogens with zero attached hydrogens (tertiary/aromatic N) is 9. The standard InChI is InChI=1S/C27H31N5O3.C21H22N4O2.C13H15N3.C8H9NO3.C4H4BrClO.ClH/c1-31(2)13-6-9-26(33)30-23-11-10-20(16-24(23)35-3)27(34)32-14-12-19(18-32)15-25-28-17-21-7-4-5-8-22(21)29-25;1-27-19-11-15(6-7-17(19)22)21(26)25-9-8-14(13-25)10-20-23-12-16-4-2-3-5-18(16)24-20;1-2-4-12-11(3-1)9-15-13(16-12)7-10-5-6-14-8-10;1-12-7-4-5(8(10)11)2-3-6(7)9;5-3-1-2-4(6)7;/h4-11,16-17,19H,12-15,18H2,1-3H3,(H,30,33);2-7,11-12,14H,8-10,13,22H2,1H3;1-4,9-10,14H,5-8H2;2-4H,9H2,1H3,(H,10,11);1-2H,3H2;1H/b9-6+;;;;2-1+;/t19-;14-;10-;;;/m000.../s1. The van der Waals surface area contributed by atoms with E-state index in [1.807, 2.05) is 114 Å². The third kappa shape index (κ3) is 22.7. The van der Waals surface area contributed by atoms with Gasteiger partial charge in [-0.3, -0.25) is 19.2 Å². The van der Waals surface area contributed by atoms with E-state index >= 15 is 0 Å². The lowest BCUT2D eigenvalue weighted by Crippen LogP contribution is -2.29. The fourth-order valence-corrected chi connectivity index (χ4v) is 11.3. The predicted octanol–water partition coefficient (Wildman–Crippen LogP) is 11.2. The first-order chi connectivity index (χ1) is 46.9. The Bertz CT molecular complexity index is 4240. The zero-order valence-electron chi connectivity index (χ0n) is 55.4. The summed E-state index contributed by atoms with van der Waals surface area (Å²) < 4.78 is 15.5. The third-order valence-corrected chi connectivity index (χ3v) is 16.6. The first kappa shape index (κ1) is 75.7. The van der Waals surface area contributed by atoms with Gasteiger partial charge in [0.2, 0.25) is 11.1 Å². The van der Waals surface area contributed by atoms with Gasteiger partial charge in [-0.05, 0) is 155 Å². The molecule has 0 saturated carbocycles. The van der Waals surface area contributed by atoms with E-state index in [2.05, 4.69) is 62.5 Å². The fourth-order valence-electron chi connectivity index (χ4n) is 11.0. The molecule has 0 unspecified atom stereocenters. The van der Waals surface area contributed by atoms with Gasteiger partial charge < -0.3 is 56.1 Å². The number of para-hydroxylation sites is 3. The lowest BCUT2D eigenvalue weighted by Gasteiger charge is -2.18. The molecule has 3 aromatic heterocycles. The lowest BCUT2D eigenvalue weighted by molar-refractivity contribution is -0.112. The summed E-state index contributed by atoms with van der Waals surface area (Å²) in [6.45, 7) is 5.71. The summed E-state index contributed by atoms with van der Waals surface area (Å²) in [5, 5.41) is 18.2. The molecule has 6 aromatic carbocycles. The second-order valence-electron chi connectivity index (χ2n) is 23.5. The minimum Gasteiger partial charge on any atom is -0.495 e. The number of nitrogen functional groups attached to an aromatic ring is 2. The average Bonchev–Trinajstić information content (AvgIpc) is 1.84. The van der Waals surface area contributed by atoms with Crippen molar-refractivity contribution < 1.29 is 43.3 Å². The van der Waals surface area contributed by atoms with Gasteiger partial charge in [-0.2, -0.15) is 0 Å². The molecular weight excluding hydrogens is 1350 g/mol. The van der Waals surface area contributed by atoms with E-state index in [0.717, 1.165) is 102 Å². The monoisotopic (exact) mass is 1430 g/mol. The Kier molecular flexibility index (Phi) is 29.6. The summed E-state index contributed by atoms with van der Waals surface area (Å²) in [6.07, 6.45) is 17.5. The molecule has 514 valence electrons. The Labute approximate surface area is 589 Å². The number of anilines is 3. The van der Waals surface area contributed by atoms with Gasteiger partial charge in [0.05, 0.1) is 60.5 Å². The SMILES string of the molecule is COc1cc(C(=O)N2CC[C@@H](Cc3ncc4ccccc4n3)C2)ccc1N.COc1cc(C(=O)N2CC[C@@H](Cc3ncc4ccccc4n3)C2)ccc1NC(=O)/C=C/CN(C)C.COc1cc(C(=O)O)ccc1N.Cl.O=C(Cl)/C=C/CBr.c1ccc2nc(C[C@@H]3CCNC3)ncc2c1. The molecule has 3 saturated heterocycles. The number of rotatable bonds is 18. The van der Waals surface area contributed by atoms with Crippen molar-refractivity contribution in [3.8, 4) is 17.2 Å². The number of carboxylic acids is 1. The second-order valence-corrected chi connectivity index (χ2v) is 24.5. The van der Waals surface area contributed by atoms with E-state index in [0.29, 0.717) is 94.7 Å². The summed E-state index contributed by atoms with van der Waals surface area (Å²) in [5.41, 5.74) is 17.1. The first-order valence-electron chi connectivity index (χ1n) is 31.6. The smallest absolute Gasteiger partial charge is 0.335 e. The highest BCUT2D eigenvalue weighted by atomic mass is 79.9. The molecule has 25 heteroatoms. The van der Waals surface area contributed by atoms with Crippen LogP contribution in [0.3, 0.4) is 0 Å². The number of ether oxygens (including phenoxy) is 3. The zero-order valence-corrected chi connectivity index (χ0v) is 58.5. The number of aromatic carboxylic acids is 1. The quantitative estimate of drug-likeness (QED) is 0.0231. The fraction of sp³-hybridized carbons (Fsp3) is 0.301. The maximum absolute atomic E-state index is 13.2. The van der Waals surface area contributed by atoms with Gasteiger partial charge in [0.15, 0.2) is 0 Å². The summed E-state index contributed by atoms with van der Waals surface area (Å²) in [4.78, 5) is 91.6. The Morgan fingerprint density at radius 2 is 1.05 bits per heavy atom. The number of carbonyl (C=O) groups is 5. The lowest BCUT2D eigenvalue weighted by atomic mass is 10.0. The van der Waals surface area contributed by atoms with E-state index in [4.69, 9.17) is 42.4 Å². The number of halogens is 3. The van der Waals surface area contributed by atoms with Crippen LogP contribution in [0.15, 0.2) is 170 Å². The third-order valence-electron chi connectivity index (χ3n) is 16.1. The van der Waals surface area contributed by atoms with Crippen molar-refractivity contribution in [2.75, 3.05) is 103 Å². The molecule has 3 atom stereocenters. The number of alkyl halides is 1. The maximum Gasteiger partial charge on any atom is 0.335 e. The van der Waals surface area contributed by atoms with E-state index in [9.17, 15) is 24.0 Å². The van der Waals surface area contributed by atoms with Crippen LogP contribution in [0.2, 0.25) is 0 Å². The highest BCUT2D eigenvalue weighted by Gasteiger charge is 2.30. The molecule has 6 heterocycles. The Morgan fingerprint density at radius 3 is 1.47 bits per heavy atom. The molecule has 7 N–H and O–H groups in total. The van der Waals surface area contributed by atoms with E-state index in [1.165, 1.54) is 51.0 Å². The van der Waals surface area contributed by atoms with Crippen LogP contribution < -0.4 is 36.3 Å². The van der Waals surface area contributed by atoms with Gasteiger partial charge in [-0.15, -0.1) is 12.4 Å². The number of carboxylic acid groups (broad SMARTS) is 1. The summed E-state index contributed by atoms with van der Waals surface area (Å²) in [6, 6.07) is 38.7. The van der Waals surface area contributed by atoms with Crippen molar-refractivity contribution in [1.82, 2.24) is 49.9 Å². The molecular formula is C73H82BrCl2N13O9. The van der Waals surface area contributed by atoms with Gasteiger partial charge in [0, 0.05) is 109 Å². The van der Waals surface area contributed by atoms with Crippen molar-refractivity contribution >= 4 is 119 Å². The largest absolute Gasteiger partial charge is 0.495 e. The summed E-state index contributed by atoms with van der Waals surface area (Å²) in [5.74, 6) is 4.10. The summed E-state index contributed by atoms with van der Waals surface area (Å²) in [7, 11) is 8.38. The normalized spacial score (nSPS) is 15.4. The molecule has 3 fully saturated rings. The molecule has 9 aromatic rings. The number of fused-ring (bicyclic) bond motifs is 3. The number of likely N-dealkylation sites (N-methyl/N-ethyl adjacent to an activating group) is 1. The number of allylic oxidation sites excluding steroid dienone is 2. The van der Waals surface area contributed by atoms with Crippen molar-refractivity contribution in [3.63, 3.8) is 0 Å². The average molecular weight is 1440 g/mol. The molecule has 0 radical (unpaired) electrons. The van der Waals surface area contributed by atoms with Crippen LogP contribution in [0.1, 0.15) is 67.8 Å². The number of nitrogens with one attached hydrogen (secondary N) is 2. The number of carbonyl (C=O) groups excluding carboxylic acids is 4. The molecule has 3 aliphatic heterocycles. The molecule has 3 aliphatic rings. The van der Waals surface area contributed by atoms with Crippen molar-refractivity contribution in [1.29, 1.82) is 0 Å². The van der Waals surface area contributed by atoms with E-state index < -0.39 is 11.2 Å². The molecule has 0 bridgehead atoms. The molecule has 3 amide bonds. The topological polar surface area (TPSA) is 296 Å². The molecule has 12 rings (SSSR count). The predicted molar refractivity (Wildman–Crippen MR) is 391 cm³/mol. The van der Waals surface area contributed by atoms with Crippen molar-refractivity contribution in [2.45, 2.75) is 38.5 Å². The van der Waals surface area contributed by atoms with Crippen LogP contribution in [-0.4, -0.2) is 165 Å². The highest BCUT2D eigenvalue weighted by Crippen LogP contribution is 2.30. The van der Waals surface area contributed by atoms with E-state index in [1.54, 1.807) is 55.7 Å². The first-order valence-corrected chi connectivity index (χ1v) is 33.1. The number of likely N-dealkylation sites (tertiary alicyclic amines) is 2. The van der Waals surface area contributed by atoms with Gasteiger partial charge >= 0.3 is 5.97 Å². The van der Waals surface area contributed by atoms with Crippen LogP contribution in [0, 0.1) is 17.8 Å². The van der Waals surface area contributed by atoms with Crippen LogP contribution in [0.25, 0.3) is 32.7 Å². The van der Waals surface area contributed by atoms with Crippen LogP contribution in [-0.2, 0) is 28.9 Å². The number of methoxy groups -OCH3 is 3. The zero-order chi connectivity index (χ0) is 69.2. The number of aromatic nitrogens is 6. The van der Waals surface area contributed by atoms with Crippen molar-refractivity contribution in [2.24, 2.45) is 17.8 Å². The number of hydrogen-bond acceptors (Lipinski definition) is 18. The summed E-state index contributed by atoms with van der Waals surface area (Å²) >= 11 is 7.99. The molecule has 0 spiro atoms. The Hall–Kier alpha value is -9.65. The maximum atomic E-state index is 13.2. The van der Waals surface area contributed by atoms with Crippen molar-refractivity contribution in [3.05, 3.63) is 204 Å². The molecule has 0 aliphatic carbocycles. The Morgan fingerprint density at radius 1 is 0.612 bits per heavy atom. The number of hydrogen-bond donors (Lipinski definition) is 5. The van der Waals surface area contributed by atoms with Gasteiger partial charge in [-0.25, -0.2) is 34.7 Å². The number of amides is 3. The molecule has 98 heavy (non-hydrogen) atoms. The second kappa shape index (κ2) is 38.3. The van der Waals surface area contributed by atoms with Gasteiger partial charge in [-0.1, -0.05) is 82.7 Å². The highest BCUT2D eigenvalue weighted by molar-refractivity contribution is 9.09. The minimum atomic E-state index is -0.992.